The van der Waals surface area contributed by atoms with Gasteiger partial charge in [-0.1, -0.05) is 40.7 Å². The zero-order valence-corrected chi connectivity index (χ0v) is 16.7. The summed E-state index contributed by atoms with van der Waals surface area (Å²) in [5.41, 5.74) is 1.97. The lowest BCUT2D eigenvalue weighted by molar-refractivity contribution is -0.122. The van der Waals surface area contributed by atoms with Crippen LogP contribution in [0.3, 0.4) is 0 Å². The minimum Gasteiger partial charge on any atom is -0.482 e. The molecule has 0 atom stereocenters. The van der Waals surface area contributed by atoms with Gasteiger partial charge in [-0.05, 0) is 41.9 Å². The SMILES string of the molecule is CC(C)CCNC(=O)CCCN1C(=O)COc2ccc(C(C)(C)C)cc21. The summed E-state index contributed by atoms with van der Waals surface area (Å²) in [6, 6.07) is 6.03. The van der Waals surface area contributed by atoms with E-state index in [1.54, 1.807) is 4.90 Å². The van der Waals surface area contributed by atoms with E-state index in [1.165, 1.54) is 0 Å². The van der Waals surface area contributed by atoms with E-state index in [2.05, 4.69) is 46.0 Å². The van der Waals surface area contributed by atoms with E-state index in [-0.39, 0.29) is 23.8 Å². The Morgan fingerprint density at radius 2 is 2.04 bits per heavy atom. The van der Waals surface area contributed by atoms with Gasteiger partial charge in [-0.2, -0.15) is 0 Å². The molecular weight excluding hydrogens is 328 g/mol. The first-order chi connectivity index (χ1) is 12.2. The number of nitrogens with zero attached hydrogens (tertiary/aromatic N) is 1. The van der Waals surface area contributed by atoms with Gasteiger partial charge < -0.3 is 15.0 Å². The molecule has 1 N–H and O–H groups in total. The Kier molecular flexibility index (Phi) is 6.68. The van der Waals surface area contributed by atoms with Crippen molar-refractivity contribution in [2.24, 2.45) is 5.92 Å². The maximum atomic E-state index is 12.3. The maximum absolute atomic E-state index is 12.3. The highest BCUT2D eigenvalue weighted by atomic mass is 16.5. The lowest BCUT2D eigenvalue weighted by Gasteiger charge is -2.31. The molecule has 144 valence electrons. The fourth-order valence-electron chi connectivity index (χ4n) is 2.90. The number of rotatable bonds is 7. The summed E-state index contributed by atoms with van der Waals surface area (Å²) < 4.78 is 5.57. The third kappa shape index (κ3) is 5.48. The van der Waals surface area contributed by atoms with Gasteiger partial charge in [0.05, 0.1) is 5.69 Å². The Morgan fingerprint density at radius 3 is 2.69 bits per heavy atom. The number of nitrogens with one attached hydrogen (secondary N) is 1. The molecule has 1 heterocycles. The highest BCUT2D eigenvalue weighted by molar-refractivity contribution is 5.98. The predicted octanol–water partition coefficient (Wildman–Crippen LogP) is 3.65. The first-order valence-corrected chi connectivity index (χ1v) is 9.53. The average Bonchev–Trinajstić information content (AvgIpc) is 2.55. The van der Waals surface area contributed by atoms with Gasteiger partial charge in [0, 0.05) is 19.5 Å². The zero-order valence-electron chi connectivity index (χ0n) is 16.7. The molecule has 0 aliphatic carbocycles. The van der Waals surface area contributed by atoms with Crippen LogP contribution in [0.1, 0.15) is 59.4 Å². The Morgan fingerprint density at radius 1 is 1.31 bits per heavy atom. The smallest absolute Gasteiger partial charge is 0.265 e. The molecule has 1 aliphatic rings. The molecule has 2 amide bonds. The summed E-state index contributed by atoms with van der Waals surface area (Å²) in [6.45, 7) is 12.0. The van der Waals surface area contributed by atoms with Crippen LogP contribution in [0.4, 0.5) is 5.69 Å². The van der Waals surface area contributed by atoms with E-state index in [0.717, 1.165) is 23.4 Å². The quantitative estimate of drug-likeness (QED) is 0.807. The molecular formula is C21H32N2O3. The highest BCUT2D eigenvalue weighted by Gasteiger charge is 2.27. The summed E-state index contributed by atoms with van der Waals surface area (Å²) in [4.78, 5) is 26.0. The summed E-state index contributed by atoms with van der Waals surface area (Å²) in [5.74, 6) is 1.31. The van der Waals surface area contributed by atoms with Crippen molar-refractivity contribution in [1.29, 1.82) is 0 Å². The van der Waals surface area contributed by atoms with Crippen molar-refractivity contribution in [3.63, 3.8) is 0 Å². The summed E-state index contributed by atoms with van der Waals surface area (Å²) in [7, 11) is 0. The number of hydrogen-bond donors (Lipinski definition) is 1. The second kappa shape index (κ2) is 8.56. The van der Waals surface area contributed by atoms with Crippen LogP contribution in [-0.2, 0) is 15.0 Å². The van der Waals surface area contributed by atoms with E-state index < -0.39 is 0 Å². The van der Waals surface area contributed by atoms with Gasteiger partial charge in [-0.25, -0.2) is 0 Å². The van der Waals surface area contributed by atoms with Crippen molar-refractivity contribution < 1.29 is 14.3 Å². The molecule has 0 radical (unpaired) electrons. The van der Waals surface area contributed by atoms with Gasteiger partial charge in [-0.3, -0.25) is 9.59 Å². The Balaban J connectivity index is 1.97. The number of amides is 2. The molecule has 1 aromatic rings. The van der Waals surface area contributed by atoms with E-state index in [0.29, 0.717) is 31.8 Å². The van der Waals surface area contributed by atoms with Crippen molar-refractivity contribution in [2.45, 2.75) is 59.3 Å². The monoisotopic (exact) mass is 360 g/mol. The molecule has 0 unspecified atom stereocenters. The fraction of sp³-hybridized carbons (Fsp3) is 0.619. The lowest BCUT2D eigenvalue weighted by atomic mass is 9.86. The number of anilines is 1. The number of fused-ring (bicyclic) bond motifs is 1. The van der Waals surface area contributed by atoms with E-state index in [4.69, 9.17) is 4.74 Å². The Labute approximate surface area is 157 Å². The van der Waals surface area contributed by atoms with Gasteiger partial charge in [0.2, 0.25) is 5.91 Å². The zero-order chi connectivity index (χ0) is 19.3. The third-order valence-electron chi connectivity index (χ3n) is 4.60. The van der Waals surface area contributed by atoms with Gasteiger partial charge >= 0.3 is 0 Å². The summed E-state index contributed by atoms with van der Waals surface area (Å²) in [5, 5.41) is 2.94. The van der Waals surface area contributed by atoms with Gasteiger partial charge in [-0.15, -0.1) is 0 Å². The predicted molar refractivity (Wildman–Crippen MR) is 105 cm³/mol. The van der Waals surface area contributed by atoms with Crippen LogP contribution in [0.5, 0.6) is 5.75 Å². The fourth-order valence-corrected chi connectivity index (χ4v) is 2.90. The van der Waals surface area contributed by atoms with Crippen molar-refractivity contribution in [2.75, 3.05) is 24.6 Å². The minimum atomic E-state index is -0.0521. The van der Waals surface area contributed by atoms with Crippen LogP contribution in [0.25, 0.3) is 0 Å². The standard InChI is InChI=1S/C21H32N2O3/c1-15(2)10-11-22-19(24)7-6-12-23-17-13-16(21(3,4)5)8-9-18(17)26-14-20(23)25/h8-9,13,15H,6-7,10-12,14H2,1-5H3,(H,22,24). The topological polar surface area (TPSA) is 58.6 Å². The largest absolute Gasteiger partial charge is 0.482 e. The third-order valence-corrected chi connectivity index (χ3v) is 4.60. The van der Waals surface area contributed by atoms with E-state index in [9.17, 15) is 9.59 Å². The van der Waals surface area contributed by atoms with Crippen LogP contribution in [-0.4, -0.2) is 31.5 Å². The second-order valence-corrected chi connectivity index (χ2v) is 8.40. The van der Waals surface area contributed by atoms with Crippen LogP contribution < -0.4 is 15.0 Å². The first kappa shape index (κ1) is 20.3. The number of carbonyl (C=O) groups excluding carboxylic acids is 2. The summed E-state index contributed by atoms with van der Waals surface area (Å²) in [6.07, 6.45) is 2.05. The molecule has 2 rings (SSSR count). The highest BCUT2D eigenvalue weighted by Crippen LogP contribution is 2.36. The Hall–Kier alpha value is -2.04. The summed E-state index contributed by atoms with van der Waals surface area (Å²) >= 11 is 0. The molecule has 26 heavy (non-hydrogen) atoms. The van der Waals surface area contributed by atoms with Crippen LogP contribution in [0.15, 0.2) is 18.2 Å². The number of hydrogen-bond acceptors (Lipinski definition) is 3. The van der Waals surface area contributed by atoms with E-state index >= 15 is 0 Å². The van der Waals surface area contributed by atoms with Gasteiger partial charge in [0.1, 0.15) is 5.75 Å². The van der Waals surface area contributed by atoms with E-state index in [1.807, 2.05) is 12.1 Å². The molecule has 0 aromatic heterocycles. The number of carbonyl (C=O) groups is 2. The maximum Gasteiger partial charge on any atom is 0.265 e. The van der Waals surface area contributed by atoms with Crippen molar-refractivity contribution in [1.82, 2.24) is 5.32 Å². The lowest BCUT2D eigenvalue weighted by Crippen LogP contribution is -2.40. The molecule has 0 bridgehead atoms. The van der Waals surface area contributed by atoms with Crippen molar-refractivity contribution >= 4 is 17.5 Å². The molecule has 1 aliphatic heterocycles. The number of benzene rings is 1. The second-order valence-electron chi connectivity index (χ2n) is 8.40. The van der Waals surface area contributed by atoms with Crippen molar-refractivity contribution in [3.8, 4) is 5.75 Å². The molecule has 0 fully saturated rings. The molecule has 1 aromatic carbocycles. The molecule has 0 saturated carbocycles. The van der Waals surface area contributed by atoms with Crippen molar-refractivity contribution in [3.05, 3.63) is 23.8 Å². The van der Waals surface area contributed by atoms with Crippen LogP contribution in [0, 0.1) is 5.92 Å². The molecule has 0 saturated heterocycles. The average molecular weight is 360 g/mol. The minimum absolute atomic E-state index is 0.00248. The number of ether oxygens (including phenoxy) is 1. The van der Waals surface area contributed by atoms with Gasteiger partial charge in [0.25, 0.3) is 5.91 Å². The van der Waals surface area contributed by atoms with Gasteiger partial charge in [0.15, 0.2) is 6.61 Å². The Bertz CT molecular complexity index is 647. The van der Waals surface area contributed by atoms with Crippen LogP contribution >= 0.6 is 0 Å². The molecule has 0 spiro atoms. The first-order valence-electron chi connectivity index (χ1n) is 9.53. The molecule has 5 heteroatoms. The molecule has 5 nitrogen and oxygen atoms in total. The van der Waals surface area contributed by atoms with Crippen LogP contribution in [0.2, 0.25) is 0 Å². The normalized spacial score (nSPS) is 14.2.